The lowest BCUT2D eigenvalue weighted by atomic mass is 9.64. The van der Waals surface area contributed by atoms with E-state index in [2.05, 4.69) is 20.3 Å². The van der Waals surface area contributed by atoms with Gasteiger partial charge in [0.2, 0.25) is 0 Å². The molecule has 1 saturated heterocycles. The second kappa shape index (κ2) is 13.5. The lowest BCUT2D eigenvalue weighted by Crippen LogP contribution is -2.51. The summed E-state index contributed by atoms with van der Waals surface area (Å²) in [6.07, 6.45) is -1.07. The third-order valence-corrected chi connectivity index (χ3v) is 9.15. The number of hydrogen-bond acceptors (Lipinski definition) is 9. The van der Waals surface area contributed by atoms with Gasteiger partial charge < -0.3 is 29.7 Å². The molecular weight excluding hydrogens is 623 g/mol. The second-order valence-corrected chi connectivity index (χ2v) is 11.8. The maximum Gasteiger partial charge on any atom is 0.256 e. The van der Waals surface area contributed by atoms with Gasteiger partial charge in [0, 0.05) is 12.0 Å². The van der Waals surface area contributed by atoms with E-state index in [4.69, 9.17) is 14.2 Å². The standard InChI is InChI=1S/C38H35N5O6/c1-47-28-17-13-26(14-18-28)38(25-11-7-4-8-12-25,27-15-19-29(48-2)20-16-27)34(45)33-30(44)21-31(49-33)43-23-41-32-35(39-22-40-36(32)43)42-37(46)24-9-5-3-6-10-24/h3-20,22-23,30-31,33-34,44-45H,21H2,1-2H3,(H,39,40,42,46)/t30-,31+,33-,34?/m0/s1/i42+1. The molecule has 1 aliphatic heterocycles. The first-order chi connectivity index (χ1) is 23.9. The molecule has 0 saturated carbocycles. The van der Waals surface area contributed by atoms with Crippen LogP contribution < -0.4 is 14.8 Å². The summed E-state index contributed by atoms with van der Waals surface area (Å²) in [5.74, 6) is 1.25. The number of carbonyl (C=O) groups excluding carboxylic acids is 1. The zero-order valence-electron chi connectivity index (χ0n) is 26.9. The van der Waals surface area contributed by atoms with Crippen LogP contribution in [0.15, 0.2) is 122 Å². The van der Waals surface area contributed by atoms with Gasteiger partial charge >= 0.3 is 0 Å². The Labute approximate surface area is 282 Å². The van der Waals surface area contributed by atoms with Crippen LogP contribution in [0.25, 0.3) is 11.2 Å². The van der Waals surface area contributed by atoms with Gasteiger partial charge in [-0.2, -0.15) is 0 Å². The number of aliphatic hydroxyl groups excluding tert-OH is 2. The maximum atomic E-state index is 12.9. The van der Waals surface area contributed by atoms with Gasteiger partial charge in [-0.1, -0.05) is 72.8 Å². The average Bonchev–Trinajstić information content (AvgIpc) is 3.77. The zero-order valence-corrected chi connectivity index (χ0v) is 26.9. The number of aromatic nitrogens is 4. The molecule has 1 unspecified atom stereocenters. The molecule has 6 aromatic rings. The lowest BCUT2D eigenvalue weighted by molar-refractivity contribution is -0.0960. The van der Waals surface area contributed by atoms with Crippen LogP contribution in [-0.2, 0) is 10.2 Å². The predicted molar refractivity (Wildman–Crippen MR) is 183 cm³/mol. The van der Waals surface area contributed by atoms with Crippen LogP contribution in [0, 0.1) is 0 Å². The van der Waals surface area contributed by atoms with Crippen molar-refractivity contribution < 1.29 is 29.2 Å². The first-order valence-corrected chi connectivity index (χ1v) is 15.8. The molecular formula is C38H35N5O6. The summed E-state index contributed by atoms with van der Waals surface area (Å²) in [5.41, 5.74) is 2.41. The number of imidazole rings is 1. The Morgan fingerprint density at radius 3 is 2.00 bits per heavy atom. The highest BCUT2D eigenvalue weighted by Gasteiger charge is 2.52. The largest absolute Gasteiger partial charge is 0.497 e. The normalized spacial score (nSPS) is 18.2. The minimum absolute atomic E-state index is 0.152. The monoisotopic (exact) mass is 658 g/mol. The van der Waals surface area contributed by atoms with Gasteiger partial charge in [0.1, 0.15) is 36.3 Å². The minimum Gasteiger partial charge on any atom is -0.497 e. The van der Waals surface area contributed by atoms with E-state index < -0.39 is 30.0 Å². The summed E-state index contributed by atoms with van der Waals surface area (Å²) >= 11 is 0. The van der Waals surface area contributed by atoms with Crippen LogP contribution in [-0.4, -0.2) is 68.2 Å². The van der Waals surface area contributed by atoms with Gasteiger partial charge in [-0.15, -0.1) is 0 Å². The number of nitrogens with zero attached hydrogens (tertiary/aromatic N) is 4. The molecule has 3 heterocycles. The van der Waals surface area contributed by atoms with E-state index in [0.717, 1.165) is 16.7 Å². The van der Waals surface area contributed by atoms with E-state index in [1.54, 1.807) is 49.4 Å². The van der Waals surface area contributed by atoms with Crippen molar-refractivity contribution in [3.8, 4) is 11.5 Å². The molecule has 7 rings (SSSR count). The molecule has 1 fully saturated rings. The van der Waals surface area contributed by atoms with Crippen molar-refractivity contribution in [1.82, 2.24) is 19.5 Å². The number of amides is 1. The summed E-state index contributed by atoms with van der Waals surface area (Å²) in [4.78, 5) is 26.1. The summed E-state index contributed by atoms with van der Waals surface area (Å²) < 4.78 is 19.2. The smallest absolute Gasteiger partial charge is 0.256 e. The van der Waals surface area contributed by atoms with Gasteiger partial charge in [0.15, 0.2) is 17.0 Å². The summed E-state index contributed by atoms with van der Waals surface area (Å²) in [6.45, 7) is 0. The lowest BCUT2D eigenvalue weighted by Gasteiger charge is -2.43. The molecule has 49 heavy (non-hydrogen) atoms. The van der Waals surface area contributed by atoms with Gasteiger partial charge in [-0.25, -0.2) is 15.0 Å². The Balaban J connectivity index is 1.27. The number of benzene rings is 4. The highest BCUT2D eigenvalue weighted by Crippen LogP contribution is 2.47. The van der Waals surface area contributed by atoms with Gasteiger partial charge in [0.25, 0.3) is 5.91 Å². The summed E-state index contributed by atoms with van der Waals surface area (Å²) in [5, 5.41) is 27.1. The fourth-order valence-corrected chi connectivity index (χ4v) is 6.72. The van der Waals surface area contributed by atoms with Crippen LogP contribution in [0.3, 0.4) is 0 Å². The Kier molecular flexibility index (Phi) is 8.79. The average molecular weight is 659 g/mol. The van der Waals surface area contributed by atoms with Gasteiger partial charge in [-0.05, 0) is 53.1 Å². The first kappa shape index (κ1) is 32.0. The Morgan fingerprint density at radius 2 is 1.41 bits per heavy atom. The maximum absolute atomic E-state index is 12.9. The van der Waals surface area contributed by atoms with Gasteiger partial charge in [0.05, 0.1) is 32.1 Å². The van der Waals surface area contributed by atoms with Crippen molar-refractivity contribution >= 4 is 22.9 Å². The molecule has 4 atom stereocenters. The molecule has 0 spiro atoms. The van der Waals surface area contributed by atoms with Crippen LogP contribution in [0.4, 0.5) is 5.82 Å². The number of carbonyl (C=O) groups is 1. The number of fused-ring (bicyclic) bond motifs is 1. The number of methoxy groups -OCH3 is 2. The van der Waals surface area contributed by atoms with Crippen molar-refractivity contribution in [1.29, 1.82) is 0 Å². The van der Waals surface area contributed by atoms with Crippen molar-refractivity contribution in [3.63, 3.8) is 0 Å². The SMILES string of the molecule is COc1ccc(C(c2ccccc2)(c2ccc(OC)cc2)C(O)[C@H]2O[C@@H](n3cnc4c([15NH]C(=O)c5ccccc5)ncnc43)C[C@@H]2O)cc1. The van der Waals surface area contributed by atoms with E-state index in [-0.39, 0.29) is 18.1 Å². The number of nitrogens with one attached hydrogen (secondary N) is 1. The van der Waals surface area contributed by atoms with Crippen molar-refractivity contribution in [3.05, 3.63) is 144 Å². The first-order valence-electron chi connectivity index (χ1n) is 15.8. The quantitative estimate of drug-likeness (QED) is 0.135. The number of rotatable bonds is 10. The fourth-order valence-electron chi connectivity index (χ4n) is 6.72. The predicted octanol–water partition coefficient (Wildman–Crippen LogP) is 5.14. The van der Waals surface area contributed by atoms with Crippen LogP contribution >= 0.6 is 0 Å². The van der Waals surface area contributed by atoms with Gasteiger partial charge in [-0.3, -0.25) is 9.36 Å². The summed E-state index contributed by atoms with van der Waals surface area (Å²) in [6, 6.07) is 33.6. The van der Waals surface area contributed by atoms with Crippen LogP contribution in [0.5, 0.6) is 11.5 Å². The van der Waals surface area contributed by atoms with E-state index in [0.29, 0.717) is 28.2 Å². The molecule has 4 aromatic carbocycles. The molecule has 0 radical (unpaired) electrons. The number of hydrogen-bond donors (Lipinski definition) is 3. The molecule has 2 aromatic heterocycles. The Hall–Kier alpha value is -5.62. The van der Waals surface area contributed by atoms with Crippen molar-refractivity contribution in [2.24, 2.45) is 0 Å². The Morgan fingerprint density at radius 1 is 0.837 bits per heavy atom. The molecule has 3 N–H and O–H groups in total. The highest BCUT2D eigenvalue weighted by atomic mass is 16.5. The Bertz CT molecular complexity index is 1990. The topological polar surface area (TPSA) is 141 Å². The number of aliphatic hydroxyl groups is 2. The van der Waals surface area contributed by atoms with E-state index in [1.165, 1.54) is 6.33 Å². The van der Waals surface area contributed by atoms with Crippen LogP contribution in [0.1, 0.15) is 39.7 Å². The second-order valence-electron chi connectivity index (χ2n) is 11.8. The molecule has 0 aliphatic carbocycles. The molecule has 1 amide bonds. The zero-order chi connectivity index (χ0) is 34.0. The van der Waals surface area contributed by atoms with Crippen molar-refractivity contribution in [2.45, 2.75) is 36.4 Å². The van der Waals surface area contributed by atoms with Crippen molar-refractivity contribution in [2.75, 3.05) is 19.5 Å². The molecule has 0 bridgehead atoms. The third-order valence-electron chi connectivity index (χ3n) is 9.15. The summed E-state index contributed by atoms with van der Waals surface area (Å²) in [7, 11) is 3.21. The van der Waals surface area contributed by atoms with E-state index >= 15 is 0 Å². The third kappa shape index (κ3) is 5.78. The number of ether oxygens (including phenoxy) is 3. The molecule has 248 valence electrons. The molecule has 1 aliphatic rings. The van der Waals surface area contributed by atoms with Crippen LogP contribution in [0.2, 0.25) is 0 Å². The minimum atomic E-state index is -1.28. The molecule has 11 heteroatoms. The molecule has 11 nitrogen and oxygen atoms in total. The van der Waals surface area contributed by atoms with E-state index in [1.807, 2.05) is 84.9 Å². The highest BCUT2D eigenvalue weighted by molar-refractivity contribution is 6.06. The van der Waals surface area contributed by atoms with E-state index in [9.17, 15) is 15.0 Å². The number of anilines is 1. The fraction of sp³-hybridized carbons (Fsp3) is 0.211.